The van der Waals surface area contributed by atoms with Gasteiger partial charge in [-0.05, 0) is 50.1 Å². The second kappa shape index (κ2) is 9.30. The number of rotatable bonds is 7. The van der Waals surface area contributed by atoms with Crippen molar-refractivity contribution in [3.8, 4) is 11.5 Å². The number of aliphatic carboxylic acids is 1. The maximum absolute atomic E-state index is 13.3. The second-order valence-corrected chi connectivity index (χ2v) is 6.66. The van der Waals surface area contributed by atoms with Crippen LogP contribution >= 0.6 is 0 Å². The first kappa shape index (κ1) is 19.8. The lowest BCUT2D eigenvalue weighted by atomic mass is 10.1. The Balaban J connectivity index is 1.86. The van der Waals surface area contributed by atoms with Gasteiger partial charge in [0.05, 0.1) is 18.9 Å². The van der Waals surface area contributed by atoms with Crippen molar-refractivity contribution >= 4 is 11.9 Å². The molecule has 0 aliphatic carbocycles. The molecule has 28 heavy (non-hydrogen) atoms. The molecule has 1 saturated heterocycles. The predicted octanol–water partition coefficient (Wildman–Crippen LogP) is 3.90. The van der Waals surface area contributed by atoms with Crippen molar-refractivity contribution < 1.29 is 28.6 Å². The molecule has 1 aromatic heterocycles. The molecule has 1 unspecified atom stereocenters. The van der Waals surface area contributed by atoms with Crippen molar-refractivity contribution in [3.63, 3.8) is 0 Å². The molecule has 2 aromatic rings. The Labute approximate surface area is 163 Å². The number of amides is 1. The molecule has 1 fully saturated rings. The van der Waals surface area contributed by atoms with Crippen molar-refractivity contribution in [3.05, 3.63) is 47.9 Å². The van der Waals surface area contributed by atoms with Gasteiger partial charge in [-0.3, -0.25) is 4.79 Å². The Morgan fingerprint density at radius 1 is 1.18 bits per heavy atom. The van der Waals surface area contributed by atoms with Crippen LogP contribution in [0.25, 0.3) is 0 Å². The van der Waals surface area contributed by atoms with Gasteiger partial charge >= 0.3 is 5.97 Å². The van der Waals surface area contributed by atoms with E-state index in [0.29, 0.717) is 30.2 Å². The van der Waals surface area contributed by atoms with Gasteiger partial charge in [-0.1, -0.05) is 12.8 Å². The maximum Gasteiger partial charge on any atom is 0.341 e. The lowest BCUT2D eigenvalue weighted by Gasteiger charge is -2.29. The SMILES string of the molecule is CCOc1cc(C(=O)N2CCCCCC2c2ccco2)ccc1OCC(=O)O. The van der Waals surface area contributed by atoms with E-state index in [-0.39, 0.29) is 11.9 Å². The fourth-order valence-electron chi connectivity index (χ4n) is 3.46. The van der Waals surface area contributed by atoms with E-state index < -0.39 is 12.6 Å². The van der Waals surface area contributed by atoms with E-state index in [1.165, 1.54) is 0 Å². The van der Waals surface area contributed by atoms with E-state index in [2.05, 4.69) is 0 Å². The number of carboxylic acids is 1. The number of nitrogens with zero attached hydrogens (tertiary/aromatic N) is 1. The quantitative estimate of drug-likeness (QED) is 0.775. The van der Waals surface area contributed by atoms with E-state index >= 15 is 0 Å². The van der Waals surface area contributed by atoms with Gasteiger partial charge in [-0.2, -0.15) is 0 Å². The smallest absolute Gasteiger partial charge is 0.341 e. The molecule has 0 radical (unpaired) electrons. The number of ether oxygens (including phenoxy) is 2. The fourth-order valence-corrected chi connectivity index (χ4v) is 3.46. The van der Waals surface area contributed by atoms with Crippen molar-refractivity contribution in [2.24, 2.45) is 0 Å². The molecule has 7 nitrogen and oxygen atoms in total. The van der Waals surface area contributed by atoms with Crippen LogP contribution in [0.4, 0.5) is 0 Å². The average molecular weight is 387 g/mol. The Hall–Kier alpha value is -2.96. The first-order valence-corrected chi connectivity index (χ1v) is 9.56. The molecule has 150 valence electrons. The lowest BCUT2D eigenvalue weighted by molar-refractivity contribution is -0.139. The molecular weight excluding hydrogens is 362 g/mol. The summed E-state index contributed by atoms with van der Waals surface area (Å²) >= 11 is 0. The lowest BCUT2D eigenvalue weighted by Crippen LogP contribution is -2.34. The van der Waals surface area contributed by atoms with E-state index in [1.807, 2.05) is 24.0 Å². The summed E-state index contributed by atoms with van der Waals surface area (Å²) in [4.78, 5) is 25.9. The van der Waals surface area contributed by atoms with Crippen molar-refractivity contribution in [1.29, 1.82) is 0 Å². The average Bonchev–Trinajstić information content (AvgIpc) is 3.11. The minimum absolute atomic E-state index is 0.0940. The fraction of sp³-hybridized carbons (Fsp3) is 0.429. The van der Waals surface area contributed by atoms with Crippen LogP contribution < -0.4 is 9.47 Å². The Morgan fingerprint density at radius 3 is 2.75 bits per heavy atom. The molecule has 1 N–H and O–H groups in total. The summed E-state index contributed by atoms with van der Waals surface area (Å²) in [5, 5.41) is 8.82. The largest absolute Gasteiger partial charge is 0.490 e. The zero-order valence-electron chi connectivity index (χ0n) is 15.9. The molecule has 0 saturated carbocycles. The van der Waals surface area contributed by atoms with E-state index in [4.69, 9.17) is 19.0 Å². The standard InChI is InChI=1S/C21H25NO6/c1-2-26-19-13-15(9-10-18(19)28-14-20(23)24)21(25)22-11-5-3-4-7-16(22)17-8-6-12-27-17/h6,8-10,12-13,16H,2-5,7,11,14H2,1H3,(H,23,24). The minimum atomic E-state index is -1.08. The zero-order valence-corrected chi connectivity index (χ0v) is 15.9. The second-order valence-electron chi connectivity index (χ2n) is 6.66. The number of carboxylic acid groups (broad SMARTS) is 1. The molecule has 1 aromatic carbocycles. The molecule has 1 atom stereocenters. The number of carbonyl (C=O) groups is 2. The summed E-state index contributed by atoms with van der Waals surface area (Å²) in [5.74, 6) is 0.280. The highest BCUT2D eigenvalue weighted by molar-refractivity contribution is 5.95. The minimum Gasteiger partial charge on any atom is -0.490 e. The van der Waals surface area contributed by atoms with Gasteiger partial charge < -0.3 is 23.9 Å². The van der Waals surface area contributed by atoms with Crippen LogP contribution in [0, 0.1) is 0 Å². The highest BCUT2D eigenvalue weighted by Crippen LogP contribution is 2.34. The van der Waals surface area contributed by atoms with Crippen molar-refractivity contribution in [2.45, 2.75) is 38.6 Å². The molecule has 1 amide bonds. The molecule has 1 aliphatic rings. The molecule has 1 aliphatic heterocycles. The van der Waals surface area contributed by atoms with E-state index in [9.17, 15) is 9.59 Å². The molecule has 2 heterocycles. The third-order valence-electron chi connectivity index (χ3n) is 4.73. The van der Waals surface area contributed by atoms with Gasteiger partial charge in [-0.25, -0.2) is 4.79 Å². The first-order valence-electron chi connectivity index (χ1n) is 9.56. The van der Waals surface area contributed by atoms with Crippen LogP contribution in [0.15, 0.2) is 41.0 Å². The summed E-state index contributed by atoms with van der Waals surface area (Å²) in [5.41, 5.74) is 0.476. The predicted molar refractivity (Wildman–Crippen MR) is 102 cm³/mol. The monoisotopic (exact) mass is 387 g/mol. The molecule has 7 heteroatoms. The van der Waals surface area contributed by atoms with E-state index in [0.717, 1.165) is 31.4 Å². The summed E-state index contributed by atoms with van der Waals surface area (Å²) in [6.07, 6.45) is 5.55. The van der Waals surface area contributed by atoms with Gasteiger partial charge in [0.1, 0.15) is 5.76 Å². The number of hydrogen-bond acceptors (Lipinski definition) is 5. The van der Waals surface area contributed by atoms with Crippen LogP contribution in [-0.2, 0) is 4.79 Å². The summed E-state index contributed by atoms with van der Waals surface area (Å²) in [7, 11) is 0. The van der Waals surface area contributed by atoms with Crippen LogP contribution in [0.5, 0.6) is 11.5 Å². The summed E-state index contributed by atoms with van der Waals surface area (Å²) in [6, 6.07) is 8.50. The number of carbonyl (C=O) groups excluding carboxylic acids is 1. The highest BCUT2D eigenvalue weighted by Gasteiger charge is 2.29. The van der Waals surface area contributed by atoms with Crippen LogP contribution in [0.1, 0.15) is 54.8 Å². The van der Waals surface area contributed by atoms with Crippen molar-refractivity contribution in [1.82, 2.24) is 4.90 Å². The van der Waals surface area contributed by atoms with Crippen LogP contribution in [0.3, 0.4) is 0 Å². The van der Waals surface area contributed by atoms with Crippen LogP contribution in [-0.4, -0.2) is 41.6 Å². The summed E-state index contributed by atoms with van der Waals surface area (Å²) < 4.78 is 16.4. The maximum atomic E-state index is 13.3. The Kier molecular flexibility index (Phi) is 6.57. The third-order valence-corrected chi connectivity index (χ3v) is 4.73. The highest BCUT2D eigenvalue weighted by atomic mass is 16.5. The Morgan fingerprint density at radius 2 is 2.04 bits per heavy atom. The molecule has 0 bridgehead atoms. The zero-order chi connectivity index (χ0) is 19.9. The van der Waals surface area contributed by atoms with Gasteiger partial charge in [0, 0.05) is 12.1 Å². The molecule has 0 spiro atoms. The van der Waals surface area contributed by atoms with Gasteiger partial charge in [0.2, 0.25) is 0 Å². The van der Waals surface area contributed by atoms with Crippen LogP contribution in [0.2, 0.25) is 0 Å². The number of furan rings is 1. The summed E-state index contributed by atoms with van der Waals surface area (Å²) in [6.45, 7) is 2.38. The number of hydrogen-bond donors (Lipinski definition) is 1. The van der Waals surface area contributed by atoms with Gasteiger partial charge in [0.25, 0.3) is 5.91 Å². The van der Waals surface area contributed by atoms with E-state index in [1.54, 1.807) is 24.5 Å². The molecule has 3 rings (SSSR count). The molecular formula is C21H25NO6. The number of benzene rings is 1. The normalized spacial score (nSPS) is 17.0. The van der Waals surface area contributed by atoms with Gasteiger partial charge in [-0.15, -0.1) is 0 Å². The topological polar surface area (TPSA) is 89.2 Å². The van der Waals surface area contributed by atoms with Crippen molar-refractivity contribution in [2.75, 3.05) is 19.8 Å². The Bertz CT molecular complexity index is 801. The third kappa shape index (κ3) is 4.65. The number of likely N-dealkylation sites (tertiary alicyclic amines) is 1. The first-order chi connectivity index (χ1) is 13.6. The van der Waals surface area contributed by atoms with Gasteiger partial charge in [0.15, 0.2) is 18.1 Å².